The van der Waals surface area contributed by atoms with E-state index in [1.807, 2.05) is 43.5 Å². The highest BCUT2D eigenvalue weighted by atomic mass is 15.2. The van der Waals surface area contributed by atoms with E-state index in [0.717, 1.165) is 58.6 Å². The fraction of sp³-hybridized carbons (Fsp3) is 0.207. The first kappa shape index (κ1) is 23.0. The lowest BCUT2D eigenvalue weighted by molar-refractivity contribution is 0.371. The first-order valence-corrected chi connectivity index (χ1v) is 12.6. The van der Waals surface area contributed by atoms with E-state index in [0.29, 0.717) is 17.1 Å². The molecule has 0 saturated carbocycles. The van der Waals surface area contributed by atoms with Crippen molar-refractivity contribution in [3.05, 3.63) is 84.9 Å². The second-order valence-electron chi connectivity index (χ2n) is 9.20. The summed E-state index contributed by atoms with van der Waals surface area (Å²) in [4.78, 5) is 24.3. The Hall–Kier alpha value is -4.43. The van der Waals surface area contributed by atoms with Crippen molar-refractivity contribution in [3.8, 4) is 22.8 Å². The van der Waals surface area contributed by atoms with Crippen molar-refractivity contribution in [1.82, 2.24) is 40.0 Å². The van der Waals surface area contributed by atoms with Gasteiger partial charge >= 0.3 is 0 Å². The predicted octanol–water partition coefficient (Wildman–Crippen LogP) is 5.57. The summed E-state index contributed by atoms with van der Waals surface area (Å²) in [5.41, 5.74) is 7.99. The molecule has 6 rings (SSSR count). The van der Waals surface area contributed by atoms with Crippen LogP contribution in [0, 0.1) is 0 Å². The van der Waals surface area contributed by atoms with E-state index in [-0.39, 0.29) is 0 Å². The molecule has 1 fully saturated rings. The minimum absolute atomic E-state index is 0.625. The normalized spacial score (nSPS) is 15.2. The molecule has 5 aromatic rings. The van der Waals surface area contributed by atoms with Crippen LogP contribution in [0.4, 0.5) is 0 Å². The van der Waals surface area contributed by atoms with Crippen LogP contribution in [0.25, 0.3) is 50.5 Å². The number of nitrogens with zero attached hydrogens (tertiary/aromatic N) is 6. The van der Waals surface area contributed by atoms with Crippen LogP contribution >= 0.6 is 0 Å². The third-order valence-electron chi connectivity index (χ3n) is 6.83. The van der Waals surface area contributed by atoms with Crippen molar-refractivity contribution in [2.75, 3.05) is 19.6 Å². The van der Waals surface area contributed by atoms with Gasteiger partial charge in [-0.1, -0.05) is 30.9 Å². The molecular formula is C29H28N8. The van der Waals surface area contributed by atoms with Gasteiger partial charge in [-0.2, -0.15) is 5.10 Å². The maximum Gasteiger partial charge on any atom is 0.181 e. The zero-order valence-electron chi connectivity index (χ0n) is 20.8. The first-order chi connectivity index (χ1) is 18.2. The highest BCUT2D eigenvalue weighted by Crippen LogP contribution is 2.31. The number of likely N-dealkylation sites (tertiary alicyclic amines) is 1. The Bertz CT molecular complexity index is 1630. The van der Waals surface area contributed by atoms with Crippen LogP contribution < -0.4 is 0 Å². The van der Waals surface area contributed by atoms with Gasteiger partial charge < -0.3 is 4.98 Å². The third-order valence-corrected chi connectivity index (χ3v) is 6.83. The van der Waals surface area contributed by atoms with Gasteiger partial charge in [0, 0.05) is 36.3 Å². The standard InChI is InChI=1S/C29H28N8/c1-3-19(18-37-13-7-8-14-37)15-20(4-2)21-16-23-26(35-36-27(23)32-17-21)29-33-25-22(10-12-31-28(25)34-29)24-9-5-6-11-30-24/h3-6,9-12,15-17H,1,7-8,13-14,18H2,2H3,(H,31,33,34)(H,32,35,36)/b19-15+,20-4+. The lowest BCUT2D eigenvalue weighted by Gasteiger charge is -2.15. The lowest BCUT2D eigenvalue weighted by Crippen LogP contribution is -2.21. The number of rotatable bonds is 7. The van der Waals surface area contributed by atoms with E-state index in [4.69, 9.17) is 4.98 Å². The Morgan fingerprint density at radius 2 is 1.97 bits per heavy atom. The van der Waals surface area contributed by atoms with E-state index in [1.54, 1.807) is 12.4 Å². The van der Waals surface area contributed by atoms with Gasteiger partial charge in [-0.3, -0.25) is 15.0 Å². The molecule has 6 heterocycles. The van der Waals surface area contributed by atoms with Crippen LogP contribution in [0.15, 0.2) is 79.3 Å². The van der Waals surface area contributed by atoms with Crippen molar-refractivity contribution in [3.63, 3.8) is 0 Å². The minimum atomic E-state index is 0.625. The van der Waals surface area contributed by atoms with E-state index >= 15 is 0 Å². The van der Waals surface area contributed by atoms with Gasteiger partial charge in [0.1, 0.15) is 5.69 Å². The molecular weight excluding hydrogens is 460 g/mol. The molecule has 8 heteroatoms. The summed E-state index contributed by atoms with van der Waals surface area (Å²) >= 11 is 0. The number of pyridine rings is 3. The first-order valence-electron chi connectivity index (χ1n) is 12.6. The van der Waals surface area contributed by atoms with Crippen molar-refractivity contribution < 1.29 is 0 Å². The number of H-pyrrole nitrogens is 2. The van der Waals surface area contributed by atoms with Crippen molar-refractivity contribution in [2.45, 2.75) is 19.8 Å². The molecule has 184 valence electrons. The molecule has 37 heavy (non-hydrogen) atoms. The Labute approximate surface area is 214 Å². The molecule has 0 amide bonds. The zero-order chi connectivity index (χ0) is 25.2. The van der Waals surface area contributed by atoms with Crippen LogP contribution in [0.2, 0.25) is 0 Å². The molecule has 2 N–H and O–H groups in total. The Morgan fingerprint density at radius 3 is 2.76 bits per heavy atom. The fourth-order valence-electron chi connectivity index (χ4n) is 4.90. The summed E-state index contributed by atoms with van der Waals surface area (Å²) < 4.78 is 0. The Kier molecular flexibility index (Phi) is 6.16. The quantitative estimate of drug-likeness (QED) is 0.291. The van der Waals surface area contributed by atoms with Crippen LogP contribution in [0.5, 0.6) is 0 Å². The molecule has 0 aliphatic carbocycles. The van der Waals surface area contributed by atoms with Gasteiger partial charge in [0.25, 0.3) is 0 Å². The van der Waals surface area contributed by atoms with Crippen LogP contribution in [-0.4, -0.2) is 59.7 Å². The van der Waals surface area contributed by atoms with Gasteiger partial charge in [0.2, 0.25) is 0 Å². The number of imidazole rings is 1. The zero-order valence-corrected chi connectivity index (χ0v) is 20.8. The molecule has 0 spiro atoms. The highest BCUT2D eigenvalue weighted by molar-refractivity contribution is 5.95. The smallest absolute Gasteiger partial charge is 0.181 e. The molecule has 0 unspecified atom stereocenters. The average Bonchev–Trinajstić information content (AvgIpc) is 3.70. The van der Waals surface area contributed by atoms with Crippen molar-refractivity contribution >= 4 is 27.8 Å². The summed E-state index contributed by atoms with van der Waals surface area (Å²) in [5, 5.41) is 8.45. The van der Waals surface area contributed by atoms with Gasteiger partial charge in [-0.05, 0) is 68.3 Å². The summed E-state index contributed by atoms with van der Waals surface area (Å²) in [7, 11) is 0. The minimum Gasteiger partial charge on any atom is -0.335 e. The number of aromatic amines is 2. The lowest BCUT2D eigenvalue weighted by atomic mass is 10.0. The SMILES string of the molecule is C=C/C(=C\C(=C/C)c1cnc2n[nH]c(-c3nc4nccc(-c5ccccn5)c4[nH]3)c2c1)CN1CCCC1. The molecule has 8 nitrogen and oxygen atoms in total. The number of fused-ring (bicyclic) bond motifs is 2. The van der Waals surface area contributed by atoms with E-state index in [1.165, 1.54) is 18.4 Å². The third kappa shape index (κ3) is 4.47. The second-order valence-corrected chi connectivity index (χ2v) is 9.20. The van der Waals surface area contributed by atoms with Crippen LogP contribution in [0.3, 0.4) is 0 Å². The molecule has 1 aliphatic heterocycles. The van der Waals surface area contributed by atoms with Gasteiger partial charge in [-0.15, -0.1) is 0 Å². The molecule has 5 aromatic heterocycles. The number of nitrogens with one attached hydrogen (secondary N) is 2. The average molecular weight is 489 g/mol. The second kappa shape index (κ2) is 9.91. The van der Waals surface area contributed by atoms with Crippen LogP contribution in [0.1, 0.15) is 25.3 Å². The molecule has 0 radical (unpaired) electrons. The Balaban J connectivity index is 1.38. The monoisotopic (exact) mass is 488 g/mol. The molecule has 0 atom stereocenters. The molecule has 0 aromatic carbocycles. The fourth-order valence-corrected chi connectivity index (χ4v) is 4.90. The summed E-state index contributed by atoms with van der Waals surface area (Å²) in [6.45, 7) is 9.32. The van der Waals surface area contributed by atoms with Gasteiger partial charge in [0.15, 0.2) is 17.1 Å². The van der Waals surface area contributed by atoms with Crippen molar-refractivity contribution in [1.29, 1.82) is 0 Å². The number of hydrogen-bond acceptors (Lipinski definition) is 6. The van der Waals surface area contributed by atoms with E-state index in [9.17, 15) is 0 Å². The Morgan fingerprint density at radius 1 is 1.08 bits per heavy atom. The summed E-state index contributed by atoms with van der Waals surface area (Å²) in [6, 6.07) is 9.91. The molecule has 0 bridgehead atoms. The highest BCUT2D eigenvalue weighted by Gasteiger charge is 2.17. The number of aromatic nitrogens is 7. The van der Waals surface area contributed by atoms with Crippen molar-refractivity contribution in [2.24, 2.45) is 0 Å². The topological polar surface area (TPSA) is 99.3 Å². The molecule has 1 aliphatic rings. The van der Waals surface area contributed by atoms with Crippen LogP contribution in [-0.2, 0) is 0 Å². The summed E-state index contributed by atoms with van der Waals surface area (Å²) in [6.07, 6.45) is 14.2. The number of hydrogen-bond donors (Lipinski definition) is 2. The maximum atomic E-state index is 4.77. The number of allylic oxidation sites excluding steroid dienone is 3. The van der Waals surface area contributed by atoms with Gasteiger partial charge in [-0.25, -0.2) is 15.0 Å². The summed E-state index contributed by atoms with van der Waals surface area (Å²) in [5.74, 6) is 0.658. The van der Waals surface area contributed by atoms with E-state index in [2.05, 4.69) is 59.8 Å². The van der Waals surface area contributed by atoms with E-state index < -0.39 is 0 Å². The maximum absolute atomic E-state index is 4.77. The molecule has 1 saturated heterocycles. The largest absolute Gasteiger partial charge is 0.335 e. The van der Waals surface area contributed by atoms with Gasteiger partial charge in [0.05, 0.1) is 16.6 Å². The predicted molar refractivity (Wildman–Crippen MR) is 148 cm³/mol.